The van der Waals surface area contributed by atoms with Crippen molar-refractivity contribution in [3.05, 3.63) is 5.89 Å². The molecule has 0 saturated heterocycles. The molecule has 0 aromatic carbocycles. The maximum absolute atomic E-state index is 12.9. The number of nitrogens with two attached hydrogens (primary N) is 1. The Balaban J connectivity index is 2.37. The molecular weight excluding hydrogens is 446 g/mol. The van der Waals surface area contributed by atoms with E-state index in [4.69, 9.17) is 14.6 Å². The van der Waals surface area contributed by atoms with Crippen LogP contribution in [0.15, 0.2) is 9.64 Å². The first-order valence-corrected chi connectivity index (χ1v) is 16.4. The van der Waals surface area contributed by atoms with Crippen LogP contribution in [0.5, 0.6) is 0 Å². The van der Waals surface area contributed by atoms with E-state index in [2.05, 4.69) is 37.9 Å². The highest BCUT2D eigenvalue weighted by Crippen LogP contribution is 2.44. The number of carbonyl (C=O) groups is 1. The molecule has 0 radical (unpaired) electrons. The van der Waals surface area contributed by atoms with Crippen molar-refractivity contribution in [2.24, 2.45) is 17.6 Å². The fourth-order valence-electron chi connectivity index (χ4n) is 4.15. The summed E-state index contributed by atoms with van der Waals surface area (Å²) in [6.07, 6.45) is 9.43. The van der Waals surface area contributed by atoms with Gasteiger partial charge in [0.25, 0.3) is 11.8 Å². The normalized spacial score (nSPS) is 19.5. The maximum atomic E-state index is 12.9. The van der Waals surface area contributed by atoms with E-state index in [1.807, 2.05) is 13.1 Å². The molecule has 2 N–H and O–H groups in total. The molecule has 1 aromatic rings. The average molecular weight is 488 g/mol. The monoisotopic (exact) mass is 487 g/mol. The maximum Gasteiger partial charge on any atom is 0.335 e. The summed E-state index contributed by atoms with van der Waals surface area (Å²) in [4.78, 5) is 12.9. The zero-order valence-electron chi connectivity index (χ0n) is 20.7. The van der Waals surface area contributed by atoms with E-state index >= 15 is 0 Å². The third kappa shape index (κ3) is 6.41. The number of sulfone groups is 1. The first kappa shape index (κ1) is 27.0. The van der Waals surface area contributed by atoms with E-state index < -0.39 is 34.9 Å². The van der Waals surface area contributed by atoms with E-state index in [-0.39, 0.29) is 17.3 Å². The lowest BCUT2D eigenvalue weighted by Crippen LogP contribution is -2.54. The van der Waals surface area contributed by atoms with Crippen LogP contribution in [0.4, 0.5) is 0 Å². The van der Waals surface area contributed by atoms with Gasteiger partial charge in [-0.3, -0.25) is 4.79 Å². The number of amides is 1. The van der Waals surface area contributed by atoms with Gasteiger partial charge in [0.05, 0.1) is 0 Å². The number of aromatic nitrogens is 2. The first-order valence-electron chi connectivity index (χ1n) is 11.6. The van der Waals surface area contributed by atoms with Gasteiger partial charge in [0.15, 0.2) is 8.32 Å². The molecule has 10 heteroatoms. The van der Waals surface area contributed by atoms with Gasteiger partial charge < -0.3 is 14.6 Å². The van der Waals surface area contributed by atoms with Crippen molar-refractivity contribution in [2.75, 3.05) is 6.26 Å². The minimum atomic E-state index is -3.73. The molecule has 0 bridgehead atoms. The van der Waals surface area contributed by atoms with Crippen LogP contribution in [0, 0.1) is 11.8 Å². The summed E-state index contributed by atoms with van der Waals surface area (Å²) in [6.45, 7) is 12.4. The predicted octanol–water partition coefficient (Wildman–Crippen LogP) is 4.56. The second-order valence-electron chi connectivity index (χ2n) is 11.1. The molecule has 1 amide bonds. The minimum Gasteiger partial charge on any atom is -0.409 e. The van der Waals surface area contributed by atoms with E-state index in [1.165, 1.54) is 32.1 Å². The average Bonchev–Trinajstić information content (AvgIpc) is 3.16. The Labute approximate surface area is 194 Å². The quantitative estimate of drug-likeness (QED) is 0.479. The lowest BCUT2D eigenvalue weighted by atomic mass is 9.81. The Morgan fingerprint density at radius 1 is 1.22 bits per heavy atom. The Morgan fingerprint density at radius 2 is 1.81 bits per heavy atom. The van der Waals surface area contributed by atoms with Crippen LogP contribution in [-0.4, -0.2) is 39.1 Å². The van der Waals surface area contributed by atoms with Crippen LogP contribution in [0.1, 0.15) is 85.0 Å². The molecule has 2 rings (SSSR count). The van der Waals surface area contributed by atoms with E-state index in [0.29, 0.717) is 18.3 Å². The molecule has 1 aromatic heterocycles. The second-order valence-corrected chi connectivity index (χ2v) is 17.7. The van der Waals surface area contributed by atoms with Gasteiger partial charge >= 0.3 is 5.22 Å². The highest BCUT2D eigenvalue weighted by atomic mass is 32.2. The third-order valence-corrected chi connectivity index (χ3v) is 12.4. The summed E-state index contributed by atoms with van der Waals surface area (Å²) in [5, 5.41) is 6.87. The molecule has 0 aliphatic heterocycles. The molecule has 0 spiro atoms. The Hall–Kier alpha value is -1.26. The van der Waals surface area contributed by atoms with Gasteiger partial charge in [0, 0.05) is 6.26 Å². The van der Waals surface area contributed by atoms with Crippen LogP contribution in [0.2, 0.25) is 18.1 Å². The van der Waals surface area contributed by atoms with Gasteiger partial charge in [-0.1, -0.05) is 64.9 Å². The van der Waals surface area contributed by atoms with Gasteiger partial charge in [0.1, 0.15) is 0 Å². The standard InChI is InChI=1S/C22H41N3O5SSi/c1-16(15-17-11-9-8-10-12-17)13-14-22(18(23)26,30-32(6,7)21(2,3)4)19-24-25-20(29-19)31(5,27)28/h16-17H,8-15H2,1-7H3,(H2,23,26). The highest BCUT2D eigenvalue weighted by molar-refractivity contribution is 7.90. The number of rotatable bonds is 10. The number of hydrogen-bond acceptors (Lipinski definition) is 7. The van der Waals surface area contributed by atoms with E-state index in [1.54, 1.807) is 0 Å². The molecule has 1 heterocycles. The van der Waals surface area contributed by atoms with Crippen molar-refractivity contribution in [3.8, 4) is 0 Å². The Bertz CT molecular complexity index is 888. The number of nitrogens with zero attached hydrogens (tertiary/aromatic N) is 2. The van der Waals surface area contributed by atoms with Gasteiger partial charge in [-0.15, -0.1) is 5.10 Å². The lowest BCUT2D eigenvalue weighted by molar-refractivity contribution is -0.139. The van der Waals surface area contributed by atoms with Crippen LogP contribution >= 0.6 is 0 Å². The summed E-state index contributed by atoms with van der Waals surface area (Å²) in [5.41, 5.74) is 4.27. The molecule has 1 aliphatic rings. The fourth-order valence-corrected chi connectivity index (χ4v) is 6.04. The Morgan fingerprint density at radius 3 is 2.28 bits per heavy atom. The zero-order chi connectivity index (χ0) is 24.4. The summed E-state index contributed by atoms with van der Waals surface area (Å²) in [5.74, 6) is 0.177. The van der Waals surface area contributed by atoms with E-state index in [9.17, 15) is 13.2 Å². The molecular formula is C22H41N3O5SSi. The number of carbonyl (C=O) groups excluding carboxylic acids is 1. The summed E-state index contributed by atoms with van der Waals surface area (Å²) in [7, 11) is -6.24. The fraction of sp³-hybridized carbons (Fsp3) is 0.864. The van der Waals surface area contributed by atoms with Gasteiger partial charge in [0.2, 0.25) is 15.4 Å². The minimum absolute atomic E-state index is 0.167. The molecule has 184 valence electrons. The SMILES string of the molecule is CC(CCC(O[Si](C)(C)C(C)(C)C)(C(N)=O)c1nnc(S(C)(=O)=O)o1)CC1CCCCC1. The zero-order valence-corrected chi connectivity index (χ0v) is 22.5. The highest BCUT2D eigenvalue weighted by Gasteiger charge is 2.52. The first-order chi connectivity index (χ1) is 14.6. The van der Waals surface area contributed by atoms with Crippen molar-refractivity contribution in [1.82, 2.24) is 10.2 Å². The predicted molar refractivity (Wildman–Crippen MR) is 126 cm³/mol. The van der Waals surface area contributed by atoms with Crippen LogP contribution in [0.3, 0.4) is 0 Å². The largest absolute Gasteiger partial charge is 0.409 e. The topological polar surface area (TPSA) is 125 Å². The molecule has 1 fully saturated rings. The third-order valence-electron chi connectivity index (χ3n) is 7.15. The molecule has 32 heavy (non-hydrogen) atoms. The lowest BCUT2D eigenvalue weighted by Gasteiger charge is -2.43. The van der Waals surface area contributed by atoms with Crippen molar-refractivity contribution in [3.63, 3.8) is 0 Å². The second kappa shape index (κ2) is 9.93. The number of hydrogen-bond donors (Lipinski definition) is 1. The van der Waals surface area contributed by atoms with Crippen molar-refractivity contribution < 1.29 is 22.1 Å². The van der Waals surface area contributed by atoms with Gasteiger partial charge in [-0.25, -0.2) is 8.42 Å². The summed E-state index contributed by atoms with van der Waals surface area (Å²) < 4.78 is 35.9. The molecule has 2 unspecified atom stereocenters. The van der Waals surface area contributed by atoms with Crippen LogP contribution in [0.25, 0.3) is 0 Å². The van der Waals surface area contributed by atoms with Gasteiger partial charge in [-0.2, -0.15) is 0 Å². The number of primary amides is 1. The van der Waals surface area contributed by atoms with Gasteiger partial charge in [-0.05, 0) is 49.2 Å². The van der Waals surface area contributed by atoms with Crippen molar-refractivity contribution >= 4 is 24.1 Å². The van der Waals surface area contributed by atoms with Crippen molar-refractivity contribution in [2.45, 2.75) is 108 Å². The summed E-state index contributed by atoms with van der Waals surface area (Å²) in [6, 6.07) is 0. The smallest absolute Gasteiger partial charge is 0.335 e. The molecule has 2 atom stereocenters. The molecule has 8 nitrogen and oxygen atoms in total. The summed E-state index contributed by atoms with van der Waals surface area (Å²) >= 11 is 0. The molecule has 1 aliphatic carbocycles. The van der Waals surface area contributed by atoms with E-state index in [0.717, 1.165) is 12.7 Å². The Kier molecular flexibility index (Phi) is 8.37. The van der Waals surface area contributed by atoms with Crippen LogP contribution < -0.4 is 5.73 Å². The van der Waals surface area contributed by atoms with Crippen LogP contribution in [-0.2, 0) is 24.7 Å². The van der Waals surface area contributed by atoms with Crippen molar-refractivity contribution in [1.29, 1.82) is 0 Å². The molecule has 1 saturated carbocycles.